The number of benzene rings is 2. The molecule has 7 heteroatoms. The van der Waals surface area contributed by atoms with Crippen LogP contribution in [0, 0.1) is 24.7 Å². The maximum atomic E-state index is 7.34. The summed E-state index contributed by atoms with van der Waals surface area (Å²) in [5.41, 5.74) is 17.0. The van der Waals surface area contributed by atoms with Crippen LogP contribution in [0.2, 0.25) is 0 Å². The first-order valence-corrected chi connectivity index (χ1v) is 9.19. The second-order valence-electron chi connectivity index (χ2n) is 6.30. The normalized spacial score (nSPS) is 10.4. The topological polar surface area (TPSA) is 124 Å². The van der Waals surface area contributed by atoms with Crippen molar-refractivity contribution in [3.8, 4) is 20.9 Å². The van der Waals surface area contributed by atoms with E-state index in [2.05, 4.69) is 22.8 Å². The number of nitrogens with one attached hydrogen (secondary N) is 4. The van der Waals surface area contributed by atoms with E-state index in [4.69, 9.17) is 22.3 Å². The fourth-order valence-electron chi connectivity index (χ4n) is 2.97. The van der Waals surface area contributed by atoms with E-state index in [0.29, 0.717) is 0 Å². The van der Waals surface area contributed by atoms with Gasteiger partial charge in [0.05, 0.1) is 0 Å². The van der Waals surface area contributed by atoms with E-state index in [0.717, 1.165) is 33.6 Å². The van der Waals surface area contributed by atoms with Gasteiger partial charge in [0.15, 0.2) is 11.9 Å². The quantitative estimate of drug-likeness (QED) is 0.299. The van der Waals surface area contributed by atoms with E-state index in [1.165, 1.54) is 9.75 Å². The number of hydrogen-bond donors (Lipinski definition) is 6. The number of hydrogen-bond acceptors (Lipinski definition) is 3. The summed E-state index contributed by atoms with van der Waals surface area (Å²) >= 11 is 1.73. The van der Waals surface area contributed by atoms with Crippen molar-refractivity contribution >= 4 is 34.6 Å². The van der Waals surface area contributed by atoms with Crippen molar-refractivity contribution in [3.05, 3.63) is 59.7 Å². The molecule has 0 amide bonds. The highest BCUT2D eigenvalue weighted by Crippen LogP contribution is 2.38. The SMILES string of the molecule is Cc1cc(NC(=N)N)ccc1-c1ccc(-c2ccc(NC(=N)N)cc2C)s1. The van der Waals surface area contributed by atoms with Gasteiger partial charge in [-0.15, -0.1) is 11.3 Å². The minimum atomic E-state index is -0.0706. The summed E-state index contributed by atoms with van der Waals surface area (Å²) in [4.78, 5) is 2.37. The summed E-state index contributed by atoms with van der Waals surface area (Å²) in [6.45, 7) is 4.10. The molecule has 3 aromatic rings. The summed E-state index contributed by atoms with van der Waals surface area (Å²) in [6.07, 6.45) is 0. The van der Waals surface area contributed by atoms with Crippen LogP contribution in [0.5, 0.6) is 0 Å². The first-order chi connectivity index (χ1) is 12.8. The summed E-state index contributed by atoms with van der Waals surface area (Å²) in [6, 6.07) is 16.2. The van der Waals surface area contributed by atoms with Crippen molar-refractivity contribution in [1.29, 1.82) is 10.8 Å². The molecule has 6 nitrogen and oxygen atoms in total. The number of nitrogens with two attached hydrogens (primary N) is 2. The first-order valence-electron chi connectivity index (χ1n) is 8.37. The largest absolute Gasteiger partial charge is 0.370 e. The standard InChI is InChI=1S/C20H22N6S/c1-11-9-13(25-19(21)22)3-5-15(11)17-7-8-18(27-17)16-6-4-14(10-12(16)2)26-20(23)24/h3-10H,1-2H3,(H4,21,22,25)(H4,23,24,26). The average Bonchev–Trinajstić information content (AvgIpc) is 3.03. The molecule has 0 radical (unpaired) electrons. The van der Waals surface area contributed by atoms with E-state index in [1.807, 2.05) is 50.2 Å². The molecule has 0 aliphatic heterocycles. The van der Waals surface area contributed by atoms with Crippen LogP contribution in [0.3, 0.4) is 0 Å². The zero-order chi connectivity index (χ0) is 19.6. The zero-order valence-electron chi connectivity index (χ0n) is 15.2. The van der Waals surface area contributed by atoms with Crippen LogP contribution in [0.15, 0.2) is 48.5 Å². The Morgan fingerprint density at radius 3 is 1.48 bits per heavy atom. The third kappa shape index (κ3) is 4.27. The molecule has 27 heavy (non-hydrogen) atoms. The van der Waals surface area contributed by atoms with Crippen LogP contribution in [0.1, 0.15) is 11.1 Å². The van der Waals surface area contributed by atoms with Gasteiger partial charge >= 0.3 is 0 Å². The average molecular weight is 379 g/mol. The minimum Gasteiger partial charge on any atom is -0.370 e. The Labute approximate surface area is 162 Å². The van der Waals surface area contributed by atoms with Crippen LogP contribution in [-0.2, 0) is 0 Å². The maximum Gasteiger partial charge on any atom is 0.190 e. The molecule has 3 rings (SSSR count). The summed E-state index contributed by atoms with van der Waals surface area (Å²) in [5.74, 6) is -0.141. The molecule has 0 bridgehead atoms. The molecule has 1 aromatic heterocycles. The van der Waals surface area contributed by atoms with Crippen LogP contribution in [0.4, 0.5) is 11.4 Å². The van der Waals surface area contributed by atoms with E-state index in [1.54, 1.807) is 11.3 Å². The molecule has 0 saturated heterocycles. The number of aryl methyl sites for hydroxylation is 2. The molecule has 0 spiro atoms. The Bertz CT molecular complexity index is 941. The minimum absolute atomic E-state index is 0.0706. The first kappa shape index (κ1) is 18.5. The molecule has 1 heterocycles. The van der Waals surface area contributed by atoms with E-state index < -0.39 is 0 Å². The Hall–Kier alpha value is -3.32. The van der Waals surface area contributed by atoms with E-state index >= 15 is 0 Å². The van der Waals surface area contributed by atoms with Gasteiger partial charge in [-0.05, 0) is 72.5 Å². The van der Waals surface area contributed by atoms with Crippen LogP contribution < -0.4 is 22.1 Å². The van der Waals surface area contributed by atoms with Crippen molar-refractivity contribution in [1.82, 2.24) is 0 Å². The van der Waals surface area contributed by atoms with Gasteiger partial charge in [0.1, 0.15) is 0 Å². The van der Waals surface area contributed by atoms with Gasteiger partial charge in [-0.1, -0.05) is 12.1 Å². The van der Waals surface area contributed by atoms with Gasteiger partial charge < -0.3 is 22.1 Å². The molecule has 8 N–H and O–H groups in total. The predicted octanol–water partition coefficient (Wildman–Crippen LogP) is 4.31. The number of anilines is 2. The van der Waals surface area contributed by atoms with Gasteiger partial charge in [-0.3, -0.25) is 10.8 Å². The Balaban J connectivity index is 1.89. The highest BCUT2D eigenvalue weighted by Gasteiger charge is 2.10. The maximum absolute atomic E-state index is 7.34. The van der Waals surface area contributed by atoms with Gasteiger partial charge in [0.2, 0.25) is 0 Å². The molecule has 0 aliphatic carbocycles. The second kappa shape index (κ2) is 7.51. The van der Waals surface area contributed by atoms with Crippen molar-refractivity contribution in [2.24, 2.45) is 11.5 Å². The lowest BCUT2D eigenvalue weighted by atomic mass is 10.1. The highest BCUT2D eigenvalue weighted by atomic mass is 32.1. The Morgan fingerprint density at radius 1 is 0.741 bits per heavy atom. The predicted molar refractivity (Wildman–Crippen MR) is 116 cm³/mol. The van der Waals surface area contributed by atoms with Crippen LogP contribution in [-0.4, -0.2) is 11.9 Å². The van der Waals surface area contributed by atoms with Crippen molar-refractivity contribution < 1.29 is 0 Å². The zero-order valence-corrected chi connectivity index (χ0v) is 16.0. The van der Waals surface area contributed by atoms with Crippen molar-refractivity contribution in [2.45, 2.75) is 13.8 Å². The molecule has 0 atom stereocenters. The molecule has 0 fully saturated rings. The van der Waals surface area contributed by atoms with Gasteiger partial charge in [0.25, 0.3) is 0 Å². The molecule has 0 unspecified atom stereocenters. The third-order valence-electron chi connectivity index (χ3n) is 4.15. The van der Waals surface area contributed by atoms with E-state index in [-0.39, 0.29) is 11.9 Å². The molecule has 0 aliphatic rings. The van der Waals surface area contributed by atoms with Crippen molar-refractivity contribution in [2.75, 3.05) is 10.6 Å². The molecular formula is C20H22N6S. The Kier molecular flexibility index (Phi) is 5.14. The highest BCUT2D eigenvalue weighted by molar-refractivity contribution is 7.18. The molecular weight excluding hydrogens is 356 g/mol. The van der Waals surface area contributed by atoms with Crippen molar-refractivity contribution in [3.63, 3.8) is 0 Å². The molecule has 138 valence electrons. The third-order valence-corrected chi connectivity index (χ3v) is 5.30. The molecule has 2 aromatic carbocycles. The summed E-state index contributed by atoms with van der Waals surface area (Å²) in [7, 11) is 0. The summed E-state index contributed by atoms with van der Waals surface area (Å²) in [5, 5.41) is 20.3. The monoisotopic (exact) mass is 378 g/mol. The van der Waals surface area contributed by atoms with E-state index in [9.17, 15) is 0 Å². The lowest BCUT2D eigenvalue weighted by Crippen LogP contribution is -2.20. The van der Waals surface area contributed by atoms with Gasteiger partial charge in [-0.25, -0.2) is 0 Å². The summed E-state index contributed by atoms with van der Waals surface area (Å²) < 4.78 is 0. The number of guanidine groups is 2. The van der Waals surface area contributed by atoms with Gasteiger partial charge in [-0.2, -0.15) is 0 Å². The molecule has 0 saturated carbocycles. The van der Waals surface area contributed by atoms with Gasteiger partial charge in [0, 0.05) is 21.1 Å². The number of thiophene rings is 1. The second-order valence-corrected chi connectivity index (χ2v) is 7.38. The lowest BCUT2D eigenvalue weighted by Gasteiger charge is -2.09. The Morgan fingerprint density at radius 2 is 1.15 bits per heavy atom. The smallest absolute Gasteiger partial charge is 0.190 e. The fourth-order valence-corrected chi connectivity index (χ4v) is 4.16. The number of rotatable bonds is 4. The lowest BCUT2D eigenvalue weighted by molar-refractivity contribution is 1.39. The fraction of sp³-hybridized carbons (Fsp3) is 0.100. The van der Waals surface area contributed by atoms with Crippen LogP contribution >= 0.6 is 11.3 Å². The van der Waals surface area contributed by atoms with Crippen LogP contribution in [0.25, 0.3) is 20.9 Å².